The Labute approximate surface area is 155 Å². The monoisotopic (exact) mass is 372 g/mol. The minimum atomic E-state index is -0.958. The Hall–Kier alpha value is -2.90. The maximum absolute atomic E-state index is 14.4. The molecule has 2 unspecified atom stereocenters. The van der Waals surface area contributed by atoms with Gasteiger partial charge in [-0.3, -0.25) is 9.48 Å². The van der Waals surface area contributed by atoms with Crippen LogP contribution in [0.25, 0.3) is 0 Å². The van der Waals surface area contributed by atoms with Gasteiger partial charge in [-0.1, -0.05) is 0 Å². The first-order chi connectivity index (χ1) is 12.9. The molecular weight excluding hydrogens is 351 g/mol. The average Bonchev–Trinajstić information content (AvgIpc) is 3.53. The summed E-state index contributed by atoms with van der Waals surface area (Å²) >= 11 is 0. The predicted octanol–water partition coefficient (Wildman–Crippen LogP) is 3.06. The van der Waals surface area contributed by atoms with E-state index in [0.29, 0.717) is 35.7 Å². The van der Waals surface area contributed by atoms with Crippen LogP contribution in [0.15, 0.2) is 30.6 Å². The van der Waals surface area contributed by atoms with Gasteiger partial charge in [-0.25, -0.2) is 9.18 Å². The van der Waals surface area contributed by atoms with Gasteiger partial charge in [-0.15, -0.1) is 0 Å². The third-order valence-corrected chi connectivity index (χ3v) is 5.18. The molecular formula is C19H21FN4O3. The van der Waals surface area contributed by atoms with Crippen LogP contribution in [-0.2, 0) is 7.05 Å². The standard InChI is InChI=1S/C19H21FN4O3/c1-23-10-13(8-21-23)22-18(25)12-4-5-16(20)14(6-12)15-7-17(15)24(19(26)27)9-11-2-3-11/h4-6,8,10-11,15,17H,2-3,7,9H2,1H3,(H,22,25)(H,26,27). The number of hydrogen-bond donors (Lipinski definition) is 2. The second-order valence-electron chi connectivity index (χ2n) is 7.38. The third kappa shape index (κ3) is 3.79. The molecule has 2 aromatic rings. The number of nitrogens with zero attached hydrogens (tertiary/aromatic N) is 3. The van der Waals surface area contributed by atoms with E-state index in [0.717, 1.165) is 12.8 Å². The fraction of sp³-hybridized carbons (Fsp3) is 0.421. The maximum atomic E-state index is 14.4. The molecule has 0 aliphatic heterocycles. The Morgan fingerprint density at radius 1 is 1.41 bits per heavy atom. The summed E-state index contributed by atoms with van der Waals surface area (Å²) in [4.78, 5) is 25.4. The van der Waals surface area contributed by atoms with Crippen molar-refractivity contribution in [1.29, 1.82) is 0 Å². The molecule has 27 heavy (non-hydrogen) atoms. The van der Waals surface area contributed by atoms with Gasteiger partial charge < -0.3 is 15.3 Å². The third-order valence-electron chi connectivity index (χ3n) is 5.18. The highest BCUT2D eigenvalue weighted by Crippen LogP contribution is 2.47. The summed E-state index contributed by atoms with van der Waals surface area (Å²) in [5, 5.41) is 16.2. The molecule has 142 valence electrons. The molecule has 2 atom stereocenters. The summed E-state index contributed by atoms with van der Waals surface area (Å²) in [6.07, 6.45) is 4.94. The first kappa shape index (κ1) is 17.5. The molecule has 7 nitrogen and oxygen atoms in total. The van der Waals surface area contributed by atoms with E-state index in [1.807, 2.05) is 0 Å². The van der Waals surface area contributed by atoms with Crippen molar-refractivity contribution in [3.8, 4) is 0 Å². The van der Waals surface area contributed by atoms with Crippen LogP contribution in [0.3, 0.4) is 0 Å². The van der Waals surface area contributed by atoms with Crippen molar-refractivity contribution in [2.24, 2.45) is 13.0 Å². The SMILES string of the molecule is Cn1cc(NC(=O)c2ccc(F)c(C3CC3N(CC3CC3)C(=O)O)c2)cn1. The summed E-state index contributed by atoms with van der Waals surface area (Å²) in [6.45, 7) is 0.513. The lowest BCUT2D eigenvalue weighted by Crippen LogP contribution is -2.34. The van der Waals surface area contributed by atoms with Gasteiger partial charge in [0.15, 0.2) is 0 Å². The van der Waals surface area contributed by atoms with Gasteiger partial charge >= 0.3 is 6.09 Å². The van der Waals surface area contributed by atoms with Crippen LogP contribution >= 0.6 is 0 Å². The van der Waals surface area contributed by atoms with Gasteiger partial charge in [0.05, 0.1) is 11.9 Å². The maximum Gasteiger partial charge on any atom is 0.407 e. The summed E-state index contributed by atoms with van der Waals surface area (Å²) in [7, 11) is 1.74. The largest absolute Gasteiger partial charge is 0.465 e. The van der Waals surface area contributed by atoms with E-state index in [2.05, 4.69) is 10.4 Å². The zero-order chi connectivity index (χ0) is 19.1. The van der Waals surface area contributed by atoms with E-state index in [9.17, 15) is 19.1 Å². The first-order valence-corrected chi connectivity index (χ1v) is 9.01. The van der Waals surface area contributed by atoms with E-state index in [1.54, 1.807) is 17.9 Å². The van der Waals surface area contributed by atoms with Crippen molar-refractivity contribution in [1.82, 2.24) is 14.7 Å². The molecule has 2 saturated carbocycles. The number of rotatable bonds is 6. The molecule has 4 rings (SSSR count). The fourth-order valence-electron chi connectivity index (χ4n) is 3.45. The van der Waals surface area contributed by atoms with Gasteiger partial charge in [-0.2, -0.15) is 5.10 Å². The van der Waals surface area contributed by atoms with Crippen LogP contribution in [0.5, 0.6) is 0 Å². The Kier molecular flexibility index (Phi) is 4.33. The van der Waals surface area contributed by atoms with Crippen LogP contribution in [-0.4, -0.2) is 44.4 Å². The number of benzene rings is 1. The summed E-state index contributed by atoms with van der Waals surface area (Å²) in [5.74, 6) is -0.526. The normalized spacial score (nSPS) is 21.0. The van der Waals surface area contributed by atoms with Crippen molar-refractivity contribution in [2.45, 2.75) is 31.2 Å². The van der Waals surface area contributed by atoms with Crippen molar-refractivity contribution in [2.75, 3.05) is 11.9 Å². The molecule has 0 radical (unpaired) electrons. The smallest absolute Gasteiger partial charge is 0.407 e. The molecule has 1 aromatic carbocycles. The van der Waals surface area contributed by atoms with E-state index in [-0.39, 0.29) is 17.9 Å². The molecule has 1 heterocycles. The molecule has 2 aliphatic rings. The zero-order valence-electron chi connectivity index (χ0n) is 14.9. The highest BCUT2D eigenvalue weighted by atomic mass is 19.1. The Balaban J connectivity index is 1.49. The quantitative estimate of drug-likeness (QED) is 0.816. The lowest BCUT2D eigenvalue weighted by molar-refractivity contribution is 0.102. The van der Waals surface area contributed by atoms with Gasteiger partial charge in [0.25, 0.3) is 5.91 Å². The minimum absolute atomic E-state index is 0.203. The van der Waals surface area contributed by atoms with E-state index < -0.39 is 11.9 Å². The topological polar surface area (TPSA) is 87.5 Å². The van der Waals surface area contributed by atoms with E-state index in [1.165, 1.54) is 29.3 Å². The number of nitrogens with one attached hydrogen (secondary N) is 1. The molecule has 2 amide bonds. The molecule has 2 fully saturated rings. The van der Waals surface area contributed by atoms with Crippen molar-refractivity contribution >= 4 is 17.7 Å². The average molecular weight is 372 g/mol. The van der Waals surface area contributed by atoms with Crippen LogP contribution in [0.2, 0.25) is 0 Å². The lowest BCUT2D eigenvalue weighted by atomic mass is 10.0. The number of carbonyl (C=O) groups excluding carboxylic acids is 1. The van der Waals surface area contributed by atoms with Crippen molar-refractivity contribution < 1.29 is 19.1 Å². The van der Waals surface area contributed by atoms with E-state index in [4.69, 9.17) is 0 Å². The van der Waals surface area contributed by atoms with Crippen LogP contribution in [0.1, 0.15) is 41.1 Å². The number of hydrogen-bond acceptors (Lipinski definition) is 3. The Morgan fingerprint density at radius 3 is 2.81 bits per heavy atom. The molecule has 1 aromatic heterocycles. The number of halogens is 1. The highest BCUT2D eigenvalue weighted by molar-refractivity contribution is 6.04. The number of aromatic nitrogens is 2. The number of carbonyl (C=O) groups is 2. The molecule has 0 bridgehead atoms. The Morgan fingerprint density at radius 2 is 2.19 bits per heavy atom. The molecule has 0 spiro atoms. The van der Waals surface area contributed by atoms with Gasteiger partial charge in [0.1, 0.15) is 5.82 Å². The Bertz CT molecular complexity index is 893. The number of amides is 2. The summed E-state index contributed by atoms with van der Waals surface area (Å²) < 4.78 is 15.9. The van der Waals surface area contributed by atoms with Gasteiger partial charge in [0, 0.05) is 37.3 Å². The predicted molar refractivity (Wildman–Crippen MR) is 96.2 cm³/mol. The molecule has 2 N–H and O–H groups in total. The van der Waals surface area contributed by atoms with Crippen LogP contribution < -0.4 is 5.32 Å². The van der Waals surface area contributed by atoms with Crippen LogP contribution in [0, 0.1) is 11.7 Å². The zero-order valence-corrected chi connectivity index (χ0v) is 14.9. The summed E-state index contributed by atoms with van der Waals surface area (Å²) in [6, 6.07) is 4.02. The molecule has 2 aliphatic carbocycles. The minimum Gasteiger partial charge on any atom is -0.465 e. The number of carboxylic acid groups (broad SMARTS) is 1. The van der Waals surface area contributed by atoms with Crippen LogP contribution in [0.4, 0.5) is 14.9 Å². The van der Waals surface area contributed by atoms with Crippen molar-refractivity contribution in [3.05, 3.63) is 47.5 Å². The highest BCUT2D eigenvalue weighted by Gasteiger charge is 2.47. The van der Waals surface area contributed by atoms with Gasteiger partial charge in [0.2, 0.25) is 0 Å². The number of anilines is 1. The second-order valence-corrected chi connectivity index (χ2v) is 7.38. The molecule has 0 saturated heterocycles. The molecule has 8 heteroatoms. The summed E-state index contributed by atoms with van der Waals surface area (Å²) in [5.41, 5.74) is 1.30. The number of aryl methyl sites for hydroxylation is 1. The van der Waals surface area contributed by atoms with Crippen molar-refractivity contribution in [3.63, 3.8) is 0 Å². The second kappa shape index (κ2) is 6.68. The lowest BCUT2D eigenvalue weighted by Gasteiger charge is -2.19. The first-order valence-electron chi connectivity index (χ1n) is 9.01. The van der Waals surface area contributed by atoms with E-state index >= 15 is 0 Å². The van der Waals surface area contributed by atoms with Gasteiger partial charge in [-0.05, 0) is 48.9 Å². The fourth-order valence-corrected chi connectivity index (χ4v) is 3.45.